The van der Waals surface area contributed by atoms with Gasteiger partial charge in [-0.2, -0.15) is 0 Å². The summed E-state index contributed by atoms with van der Waals surface area (Å²) in [5.41, 5.74) is 14.5. The SMILES string of the molecule is CC1(C)OCC(CCC(=O)c2cncc(-c3nnc(NCc4ccccn4)c4c(-c5ccccc5)cccc34)c2)O1.CC1(C)OCC(CN)O1.O=C(O)c1cncc(-c2nnc(NCc3ccccn3)c3c(-c4ccccc4)cccc23)c1. The molecule has 2 unspecified atom stereocenters. The van der Waals surface area contributed by atoms with Crippen LogP contribution in [0.2, 0.25) is 0 Å². The molecule has 420 valence electrons. The Kier molecular flexibility index (Phi) is 17.9. The Labute approximate surface area is 480 Å². The maximum atomic E-state index is 13.1. The number of ketones is 1. The monoisotopic (exact) mass is 1110 g/mol. The number of anilines is 2. The highest BCUT2D eigenvalue weighted by atomic mass is 16.7. The third-order valence-corrected chi connectivity index (χ3v) is 13.8. The van der Waals surface area contributed by atoms with Crippen molar-refractivity contribution in [3.8, 4) is 44.8 Å². The average molecular weight is 1110 g/mol. The van der Waals surface area contributed by atoms with E-state index in [-0.39, 0.29) is 23.6 Å². The van der Waals surface area contributed by atoms with Crippen molar-refractivity contribution >= 4 is 44.9 Å². The number of benzene rings is 4. The van der Waals surface area contributed by atoms with E-state index in [1.807, 2.05) is 149 Å². The quantitative estimate of drug-likeness (QED) is 0.0657. The number of carboxylic acid groups (broad SMARTS) is 1. The Bertz CT molecular complexity index is 3840. The number of fused-ring (bicyclic) bond motifs is 2. The smallest absolute Gasteiger partial charge is 0.337 e. The van der Waals surface area contributed by atoms with Crippen LogP contribution >= 0.6 is 0 Å². The van der Waals surface area contributed by atoms with Gasteiger partial charge >= 0.3 is 5.97 Å². The Morgan fingerprint density at radius 2 is 1.02 bits per heavy atom. The lowest BCUT2D eigenvalue weighted by molar-refractivity contribution is -0.138. The molecule has 2 saturated heterocycles. The zero-order valence-corrected chi connectivity index (χ0v) is 46.5. The van der Waals surface area contributed by atoms with Gasteiger partial charge in [-0.3, -0.25) is 24.7 Å². The van der Waals surface area contributed by atoms with Crippen molar-refractivity contribution in [3.05, 3.63) is 205 Å². The number of aromatic nitrogens is 8. The minimum Gasteiger partial charge on any atom is -0.478 e. The van der Waals surface area contributed by atoms with Crippen LogP contribution in [0, 0.1) is 0 Å². The van der Waals surface area contributed by atoms with Crippen LogP contribution in [0.3, 0.4) is 0 Å². The second-order valence-corrected chi connectivity index (χ2v) is 20.7. The summed E-state index contributed by atoms with van der Waals surface area (Å²) in [7, 11) is 0. The molecule has 18 nitrogen and oxygen atoms in total. The van der Waals surface area contributed by atoms with E-state index in [9.17, 15) is 14.7 Å². The molecule has 2 atom stereocenters. The minimum atomic E-state index is -1.04. The number of rotatable bonds is 16. The molecule has 83 heavy (non-hydrogen) atoms. The summed E-state index contributed by atoms with van der Waals surface area (Å²) in [6.45, 7) is 10.2. The number of carbonyl (C=O) groups excluding carboxylic acids is 1. The van der Waals surface area contributed by atoms with Gasteiger partial charge in [-0.25, -0.2) is 4.79 Å². The predicted molar refractivity (Wildman–Crippen MR) is 319 cm³/mol. The fourth-order valence-electron chi connectivity index (χ4n) is 9.79. The van der Waals surface area contributed by atoms with Crippen molar-refractivity contribution in [1.82, 2.24) is 40.3 Å². The van der Waals surface area contributed by atoms with Crippen LogP contribution in [0.4, 0.5) is 11.6 Å². The van der Waals surface area contributed by atoms with Gasteiger partial charge in [-0.1, -0.05) is 109 Å². The molecule has 0 radical (unpaired) electrons. The summed E-state index contributed by atoms with van der Waals surface area (Å²) in [5.74, 6) is -0.767. The number of carboxylic acids is 1. The van der Waals surface area contributed by atoms with E-state index in [4.69, 9.17) is 24.7 Å². The Morgan fingerprint density at radius 1 is 0.554 bits per heavy atom. The molecule has 2 fully saturated rings. The number of hydrogen-bond acceptors (Lipinski definition) is 17. The van der Waals surface area contributed by atoms with E-state index in [0.717, 1.165) is 60.8 Å². The van der Waals surface area contributed by atoms with Crippen molar-refractivity contribution in [2.45, 2.75) is 77.4 Å². The zero-order chi connectivity index (χ0) is 57.8. The molecule has 12 rings (SSSR count). The number of aromatic carboxylic acids is 1. The lowest BCUT2D eigenvalue weighted by Gasteiger charge is -2.17. The number of carbonyl (C=O) groups is 2. The Morgan fingerprint density at radius 3 is 1.46 bits per heavy atom. The normalized spacial score (nSPS) is 15.8. The van der Waals surface area contributed by atoms with Crippen LogP contribution in [-0.2, 0) is 32.0 Å². The van der Waals surface area contributed by atoms with Crippen LogP contribution in [0.1, 0.15) is 72.6 Å². The standard InChI is InChI=1S/C33H31N5O3.C26H19N5O2.C6H13NO2/c1-33(2)40-21-26(41-33)14-15-29(39)23-17-24(19-34-18-23)31-28-13-8-12-27(22-9-4-3-5-10-22)30(28)32(38-37-31)36-20-25-11-6-7-16-35-25;32-26(33)19-13-18(14-27-15-19)24-22-11-6-10-21(17-7-2-1-3-8-17)23(22)25(31-30-24)29-16-20-9-4-5-12-28-20;1-6(2)8-4-5(3-7)9-6/h3-13,16-19,26H,14-15,20-21H2,1-2H3,(H,36,38);1-15H,16H2,(H,29,31)(H,32,33);5H,3-4,7H2,1-2H3. The summed E-state index contributed by atoms with van der Waals surface area (Å²) in [6, 6.07) is 47.4. The largest absolute Gasteiger partial charge is 0.478 e. The summed E-state index contributed by atoms with van der Waals surface area (Å²) < 4.78 is 22.1. The summed E-state index contributed by atoms with van der Waals surface area (Å²) >= 11 is 0. The highest BCUT2D eigenvalue weighted by molar-refractivity contribution is 6.10. The highest BCUT2D eigenvalue weighted by Crippen LogP contribution is 2.39. The maximum absolute atomic E-state index is 13.1. The van der Waals surface area contributed by atoms with E-state index in [0.29, 0.717) is 79.8 Å². The number of nitrogens with zero attached hydrogens (tertiary/aromatic N) is 8. The summed E-state index contributed by atoms with van der Waals surface area (Å²) in [6.07, 6.45) is 10.7. The molecule has 0 aliphatic carbocycles. The Hall–Kier alpha value is -9.30. The molecule has 2 aliphatic heterocycles. The maximum Gasteiger partial charge on any atom is 0.337 e. The molecule has 6 aromatic heterocycles. The zero-order valence-electron chi connectivity index (χ0n) is 46.5. The first-order valence-corrected chi connectivity index (χ1v) is 27.3. The van der Waals surface area contributed by atoms with E-state index >= 15 is 0 Å². The summed E-state index contributed by atoms with van der Waals surface area (Å²) in [4.78, 5) is 41.9. The van der Waals surface area contributed by atoms with Gasteiger partial charge in [-0.05, 0) is 92.8 Å². The van der Waals surface area contributed by atoms with Crippen molar-refractivity contribution < 1.29 is 33.6 Å². The van der Waals surface area contributed by atoms with Crippen LogP contribution in [-0.4, -0.2) is 101 Å². The fraction of sp³-hybridized carbons (Fsp3) is 0.231. The van der Waals surface area contributed by atoms with Gasteiger partial charge in [0.25, 0.3) is 0 Å². The molecule has 8 heterocycles. The number of Topliss-reactive ketones (excluding diaryl/α,β-unsaturated/α-hetero) is 1. The van der Waals surface area contributed by atoms with Gasteiger partial charge in [0.1, 0.15) is 11.4 Å². The van der Waals surface area contributed by atoms with Gasteiger partial charge in [0, 0.05) is 88.4 Å². The third-order valence-electron chi connectivity index (χ3n) is 13.8. The highest BCUT2D eigenvalue weighted by Gasteiger charge is 2.33. The molecular formula is C65H63N11O7. The van der Waals surface area contributed by atoms with E-state index in [2.05, 4.69) is 69.2 Å². The second-order valence-electron chi connectivity index (χ2n) is 20.7. The minimum absolute atomic E-state index is 0.00328. The number of ether oxygens (including phenoxy) is 4. The topological polar surface area (TPSA) is 244 Å². The molecule has 0 spiro atoms. The fourth-order valence-corrected chi connectivity index (χ4v) is 9.79. The van der Waals surface area contributed by atoms with E-state index in [1.165, 1.54) is 6.20 Å². The van der Waals surface area contributed by atoms with Gasteiger partial charge in [0.15, 0.2) is 29.0 Å². The molecule has 4 aromatic carbocycles. The van der Waals surface area contributed by atoms with Crippen LogP contribution in [0.5, 0.6) is 0 Å². The van der Waals surface area contributed by atoms with Crippen molar-refractivity contribution in [1.29, 1.82) is 0 Å². The van der Waals surface area contributed by atoms with Crippen LogP contribution in [0.15, 0.2) is 183 Å². The van der Waals surface area contributed by atoms with Gasteiger partial charge in [0.05, 0.1) is 55.5 Å². The van der Waals surface area contributed by atoms with Crippen LogP contribution < -0.4 is 16.4 Å². The molecule has 2 aliphatic rings. The van der Waals surface area contributed by atoms with Gasteiger partial charge < -0.3 is 40.4 Å². The van der Waals surface area contributed by atoms with E-state index < -0.39 is 17.5 Å². The number of hydrogen-bond donors (Lipinski definition) is 4. The first kappa shape index (κ1) is 57.0. The lowest BCUT2D eigenvalue weighted by Crippen LogP contribution is -2.26. The number of pyridine rings is 4. The molecule has 0 saturated carbocycles. The molecular weight excluding hydrogens is 1050 g/mol. The molecule has 0 bridgehead atoms. The first-order chi connectivity index (χ1) is 40.3. The van der Waals surface area contributed by atoms with Gasteiger partial charge in [0.2, 0.25) is 0 Å². The average Bonchev–Trinajstić information content (AvgIpc) is 3.08. The van der Waals surface area contributed by atoms with E-state index in [1.54, 1.807) is 37.1 Å². The number of nitrogens with one attached hydrogen (secondary N) is 2. The molecule has 10 aromatic rings. The van der Waals surface area contributed by atoms with Gasteiger partial charge in [-0.15, -0.1) is 20.4 Å². The van der Waals surface area contributed by atoms with Crippen molar-refractivity contribution in [2.75, 3.05) is 30.4 Å². The number of nitrogens with two attached hydrogens (primary N) is 1. The molecule has 0 amide bonds. The first-order valence-electron chi connectivity index (χ1n) is 27.3. The molecule has 5 N–H and O–H groups in total. The second kappa shape index (κ2) is 26.1. The van der Waals surface area contributed by atoms with Crippen molar-refractivity contribution in [2.24, 2.45) is 5.73 Å². The van der Waals surface area contributed by atoms with Crippen molar-refractivity contribution in [3.63, 3.8) is 0 Å². The predicted octanol–water partition coefficient (Wildman–Crippen LogP) is 11.6. The third kappa shape index (κ3) is 14.2. The Balaban J connectivity index is 0.000000164. The summed E-state index contributed by atoms with van der Waals surface area (Å²) in [5, 5.41) is 38.0. The lowest BCUT2D eigenvalue weighted by atomic mass is 9.96. The molecule has 18 heteroatoms. The van der Waals surface area contributed by atoms with Crippen LogP contribution in [0.25, 0.3) is 66.3 Å².